The number of amides is 1. The number of anilines is 1. The van der Waals surface area contributed by atoms with Gasteiger partial charge >= 0.3 is 0 Å². The van der Waals surface area contributed by atoms with Crippen molar-refractivity contribution in [2.24, 2.45) is 0 Å². The van der Waals surface area contributed by atoms with E-state index in [1.807, 2.05) is 18.2 Å². The quantitative estimate of drug-likeness (QED) is 0.774. The fourth-order valence-corrected chi connectivity index (χ4v) is 2.71. The molecule has 5 heteroatoms. The summed E-state index contributed by atoms with van der Waals surface area (Å²) in [4.78, 5) is 14.3. The average molecular weight is 351 g/mol. The third-order valence-electron chi connectivity index (χ3n) is 3.56. The highest BCUT2D eigenvalue weighted by molar-refractivity contribution is 6.36. The summed E-state index contributed by atoms with van der Waals surface area (Å²) in [6.45, 7) is 4.52. The third-order valence-corrected chi connectivity index (χ3v) is 4.10. The van der Waals surface area contributed by atoms with Crippen molar-refractivity contribution >= 4 is 34.8 Å². The fourth-order valence-electron chi connectivity index (χ4n) is 2.25. The minimum atomic E-state index is -0.0549. The molecule has 0 aliphatic carbocycles. The number of rotatable bonds is 7. The molecule has 0 aromatic heterocycles. The lowest BCUT2D eigenvalue weighted by atomic mass is 10.2. The van der Waals surface area contributed by atoms with E-state index in [2.05, 4.69) is 29.3 Å². The largest absolute Gasteiger partial charge is 0.325 e. The van der Waals surface area contributed by atoms with Gasteiger partial charge in [-0.15, -0.1) is 0 Å². The van der Waals surface area contributed by atoms with Crippen molar-refractivity contribution in [2.75, 3.05) is 18.4 Å². The van der Waals surface area contributed by atoms with Crippen LogP contribution < -0.4 is 5.32 Å². The fraction of sp³-hybridized carbons (Fsp3) is 0.278. The summed E-state index contributed by atoms with van der Waals surface area (Å²) in [5.74, 6) is -0.0549. The zero-order valence-electron chi connectivity index (χ0n) is 13.1. The van der Waals surface area contributed by atoms with Crippen molar-refractivity contribution in [1.82, 2.24) is 4.90 Å². The molecular weight excluding hydrogens is 331 g/mol. The van der Waals surface area contributed by atoms with E-state index in [1.54, 1.807) is 18.2 Å². The molecule has 0 heterocycles. The highest BCUT2D eigenvalue weighted by Gasteiger charge is 2.09. The van der Waals surface area contributed by atoms with Gasteiger partial charge in [0.1, 0.15) is 0 Å². The van der Waals surface area contributed by atoms with Crippen LogP contribution in [0.5, 0.6) is 0 Å². The van der Waals surface area contributed by atoms with Crippen LogP contribution in [0.1, 0.15) is 18.9 Å². The Morgan fingerprint density at radius 1 is 1.13 bits per heavy atom. The van der Waals surface area contributed by atoms with Crippen LogP contribution in [-0.2, 0) is 11.3 Å². The summed E-state index contributed by atoms with van der Waals surface area (Å²) in [5.41, 5.74) is 1.84. The van der Waals surface area contributed by atoms with E-state index in [1.165, 1.54) is 5.56 Å². The van der Waals surface area contributed by atoms with E-state index < -0.39 is 0 Å². The van der Waals surface area contributed by atoms with Crippen molar-refractivity contribution < 1.29 is 4.79 Å². The molecule has 0 atom stereocenters. The lowest BCUT2D eigenvalue weighted by Gasteiger charge is -2.20. The Kier molecular flexibility index (Phi) is 6.90. The monoisotopic (exact) mass is 350 g/mol. The summed E-state index contributed by atoms with van der Waals surface area (Å²) < 4.78 is 0. The molecule has 0 aliphatic heterocycles. The first-order chi connectivity index (χ1) is 11.1. The van der Waals surface area contributed by atoms with E-state index in [4.69, 9.17) is 23.2 Å². The van der Waals surface area contributed by atoms with E-state index in [0.717, 1.165) is 13.1 Å². The second kappa shape index (κ2) is 8.92. The molecule has 0 saturated heterocycles. The van der Waals surface area contributed by atoms with Gasteiger partial charge in [0.05, 0.1) is 10.7 Å². The van der Waals surface area contributed by atoms with Gasteiger partial charge in [0.25, 0.3) is 0 Å². The minimum absolute atomic E-state index is 0.0549. The van der Waals surface area contributed by atoms with Crippen molar-refractivity contribution in [1.29, 1.82) is 0 Å². The summed E-state index contributed by atoms with van der Waals surface area (Å²) >= 11 is 11.9. The molecule has 0 fully saturated rings. The maximum Gasteiger partial charge on any atom is 0.225 e. The van der Waals surface area contributed by atoms with E-state index in [9.17, 15) is 4.79 Å². The highest BCUT2D eigenvalue weighted by Crippen LogP contribution is 2.25. The zero-order chi connectivity index (χ0) is 16.7. The molecule has 0 spiro atoms. The predicted molar refractivity (Wildman–Crippen MR) is 97.1 cm³/mol. The van der Waals surface area contributed by atoms with Crippen LogP contribution in [0, 0.1) is 0 Å². The van der Waals surface area contributed by atoms with Gasteiger partial charge in [-0.2, -0.15) is 0 Å². The standard InChI is InChI=1S/C18H20Cl2N2O/c1-2-22(13-14-6-4-3-5-7-14)11-10-18(23)21-17-9-8-15(19)12-16(17)20/h3-9,12H,2,10-11,13H2,1H3,(H,21,23). The molecule has 1 amide bonds. The number of hydrogen-bond acceptors (Lipinski definition) is 2. The second-order valence-electron chi connectivity index (χ2n) is 5.28. The molecular formula is C18H20Cl2N2O. The molecule has 2 aromatic carbocycles. The van der Waals surface area contributed by atoms with Gasteiger partial charge in [0, 0.05) is 24.5 Å². The summed E-state index contributed by atoms with van der Waals surface area (Å²) in [5, 5.41) is 3.82. The maximum atomic E-state index is 12.1. The molecule has 23 heavy (non-hydrogen) atoms. The highest BCUT2D eigenvalue weighted by atomic mass is 35.5. The SMILES string of the molecule is CCN(CCC(=O)Nc1ccc(Cl)cc1Cl)Cc1ccccc1. The Bertz CT molecular complexity index is 647. The van der Waals surface area contributed by atoms with E-state index >= 15 is 0 Å². The minimum Gasteiger partial charge on any atom is -0.325 e. The zero-order valence-corrected chi connectivity index (χ0v) is 14.6. The number of hydrogen-bond donors (Lipinski definition) is 1. The van der Waals surface area contributed by atoms with Gasteiger partial charge in [-0.1, -0.05) is 60.5 Å². The van der Waals surface area contributed by atoms with Crippen LogP contribution in [0.15, 0.2) is 48.5 Å². The third kappa shape index (κ3) is 5.87. The molecule has 0 unspecified atom stereocenters. The van der Waals surface area contributed by atoms with Gasteiger partial charge in [-0.3, -0.25) is 9.69 Å². The Balaban J connectivity index is 1.84. The normalized spacial score (nSPS) is 10.8. The lowest BCUT2D eigenvalue weighted by molar-refractivity contribution is -0.116. The molecule has 0 saturated carbocycles. The van der Waals surface area contributed by atoms with Crippen molar-refractivity contribution in [3.63, 3.8) is 0 Å². The summed E-state index contributed by atoms with van der Waals surface area (Å²) in [6.07, 6.45) is 0.416. The van der Waals surface area contributed by atoms with Crippen LogP contribution >= 0.6 is 23.2 Å². The molecule has 0 bridgehead atoms. The van der Waals surface area contributed by atoms with Crippen LogP contribution in [-0.4, -0.2) is 23.9 Å². The van der Waals surface area contributed by atoms with E-state index in [0.29, 0.717) is 28.7 Å². The van der Waals surface area contributed by atoms with Crippen LogP contribution in [0.4, 0.5) is 5.69 Å². The van der Waals surface area contributed by atoms with Crippen molar-refractivity contribution in [3.8, 4) is 0 Å². The predicted octanol–water partition coefficient (Wildman–Crippen LogP) is 4.84. The summed E-state index contributed by atoms with van der Waals surface area (Å²) in [6, 6.07) is 15.3. The summed E-state index contributed by atoms with van der Waals surface area (Å²) in [7, 11) is 0. The first kappa shape index (κ1) is 17.8. The molecule has 0 radical (unpaired) electrons. The van der Waals surface area contributed by atoms with Gasteiger partial charge < -0.3 is 5.32 Å². The van der Waals surface area contributed by atoms with Crippen LogP contribution in [0.25, 0.3) is 0 Å². The topological polar surface area (TPSA) is 32.3 Å². The van der Waals surface area contributed by atoms with Gasteiger partial charge in [0.15, 0.2) is 0 Å². The van der Waals surface area contributed by atoms with Crippen molar-refractivity contribution in [2.45, 2.75) is 19.9 Å². The van der Waals surface area contributed by atoms with Gasteiger partial charge in [0.2, 0.25) is 5.91 Å². The molecule has 0 aliphatic rings. The van der Waals surface area contributed by atoms with E-state index in [-0.39, 0.29) is 5.91 Å². The Hall–Kier alpha value is -1.55. The number of benzene rings is 2. The first-order valence-electron chi connectivity index (χ1n) is 7.59. The first-order valence-corrected chi connectivity index (χ1v) is 8.35. The smallest absolute Gasteiger partial charge is 0.225 e. The number of carbonyl (C=O) groups excluding carboxylic acids is 1. The number of carbonyl (C=O) groups is 1. The maximum absolute atomic E-state index is 12.1. The lowest BCUT2D eigenvalue weighted by Crippen LogP contribution is -2.27. The van der Waals surface area contributed by atoms with Crippen LogP contribution in [0.2, 0.25) is 10.0 Å². The van der Waals surface area contributed by atoms with Crippen molar-refractivity contribution in [3.05, 3.63) is 64.1 Å². The molecule has 3 nitrogen and oxygen atoms in total. The van der Waals surface area contributed by atoms with Gasteiger partial charge in [-0.05, 0) is 30.3 Å². The second-order valence-corrected chi connectivity index (χ2v) is 6.12. The number of halogens is 2. The molecule has 2 rings (SSSR count). The Morgan fingerprint density at radius 3 is 2.52 bits per heavy atom. The number of nitrogens with one attached hydrogen (secondary N) is 1. The molecule has 122 valence electrons. The Morgan fingerprint density at radius 2 is 1.87 bits per heavy atom. The average Bonchev–Trinajstić information content (AvgIpc) is 2.55. The molecule has 1 N–H and O–H groups in total. The Labute approximate surface area is 147 Å². The number of nitrogens with zero attached hydrogens (tertiary/aromatic N) is 1. The molecule has 2 aromatic rings. The van der Waals surface area contributed by atoms with Crippen LogP contribution in [0.3, 0.4) is 0 Å². The van der Waals surface area contributed by atoms with Gasteiger partial charge in [-0.25, -0.2) is 0 Å².